The summed E-state index contributed by atoms with van der Waals surface area (Å²) in [6.45, 7) is 3.64. The first-order chi connectivity index (χ1) is 8.20. The highest BCUT2D eigenvalue weighted by Crippen LogP contribution is 2.15. The van der Waals surface area contributed by atoms with E-state index in [2.05, 4.69) is 28.0 Å². The number of benzene rings is 1. The predicted molar refractivity (Wildman–Crippen MR) is 64.5 cm³/mol. The van der Waals surface area contributed by atoms with Crippen molar-refractivity contribution in [2.75, 3.05) is 12.5 Å². The Morgan fingerprint density at radius 1 is 1.29 bits per heavy atom. The van der Waals surface area contributed by atoms with E-state index in [1.165, 1.54) is 0 Å². The molecule has 0 bridgehead atoms. The summed E-state index contributed by atoms with van der Waals surface area (Å²) in [5.74, 6) is 0.448. The summed E-state index contributed by atoms with van der Waals surface area (Å²) in [6, 6.07) is 7.19. The highest BCUT2D eigenvalue weighted by Gasteiger charge is 2.22. The van der Waals surface area contributed by atoms with Crippen LogP contribution in [0.3, 0.4) is 0 Å². The number of hydrogen-bond acceptors (Lipinski definition) is 5. The van der Waals surface area contributed by atoms with E-state index < -0.39 is 0 Å². The molecule has 3 N–H and O–H groups in total. The standard InChI is InChI=1S/C11H12N4O2/c1-7-10(11(16)15-12-7)14-13-8-3-5-9(17-2)6-4-8/h3-6,12-13H,1H2,2H3,(H,15,16). The first-order valence-electron chi connectivity index (χ1n) is 4.94. The van der Waals surface area contributed by atoms with Gasteiger partial charge in [0, 0.05) is 0 Å². The van der Waals surface area contributed by atoms with Crippen molar-refractivity contribution in [3.8, 4) is 5.75 Å². The lowest BCUT2D eigenvalue weighted by Gasteiger charge is -2.02. The number of hydrogen-bond donors (Lipinski definition) is 3. The summed E-state index contributed by atoms with van der Waals surface area (Å²) in [7, 11) is 1.60. The lowest BCUT2D eigenvalue weighted by Crippen LogP contribution is -2.25. The maximum Gasteiger partial charge on any atom is 0.292 e. The molecule has 1 aliphatic rings. The monoisotopic (exact) mass is 232 g/mol. The van der Waals surface area contributed by atoms with Crippen LogP contribution >= 0.6 is 0 Å². The zero-order valence-corrected chi connectivity index (χ0v) is 9.28. The molecule has 1 heterocycles. The van der Waals surface area contributed by atoms with Crippen molar-refractivity contribution in [3.05, 3.63) is 36.5 Å². The molecule has 0 atom stereocenters. The molecular formula is C11H12N4O2. The van der Waals surface area contributed by atoms with Crippen LogP contribution in [0.1, 0.15) is 0 Å². The lowest BCUT2D eigenvalue weighted by atomic mass is 10.3. The van der Waals surface area contributed by atoms with Gasteiger partial charge in [-0.25, -0.2) is 0 Å². The molecule has 0 spiro atoms. The minimum atomic E-state index is -0.309. The highest BCUT2D eigenvalue weighted by atomic mass is 16.5. The number of hydrazine groups is 1. The number of rotatable bonds is 3. The van der Waals surface area contributed by atoms with Gasteiger partial charge in [-0.05, 0) is 24.3 Å². The Hall–Kier alpha value is -2.50. The van der Waals surface area contributed by atoms with E-state index in [9.17, 15) is 4.79 Å². The fraction of sp³-hybridized carbons (Fsp3) is 0.0909. The number of amides is 1. The first kappa shape index (κ1) is 11.0. The number of nitrogens with one attached hydrogen (secondary N) is 3. The van der Waals surface area contributed by atoms with E-state index in [-0.39, 0.29) is 11.6 Å². The van der Waals surface area contributed by atoms with Crippen LogP contribution in [-0.4, -0.2) is 18.7 Å². The second-order valence-electron chi connectivity index (χ2n) is 3.36. The minimum absolute atomic E-state index is 0.237. The smallest absolute Gasteiger partial charge is 0.292 e. The third kappa shape index (κ3) is 2.36. The maximum atomic E-state index is 11.3. The Labute approximate surface area is 98.3 Å². The molecule has 88 valence electrons. The van der Waals surface area contributed by atoms with Gasteiger partial charge < -0.3 is 4.74 Å². The third-order valence-electron chi connectivity index (χ3n) is 2.21. The van der Waals surface area contributed by atoms with Gasteiger partial charge in [-0.2, -0.15) is 5.10 Å². The molecule has 1 aliphatic heterocycles. The molecule has 0 saturated carbocycles. The number of nitrogens with zero attached hydrogens (tertiary/aromatic N) is 1. The minimum Gasteiger partial charge on any atom is -0.497 e. The van der Waals surface area contributed by atoms with Gasteiger partial charge in [-0.15, -0.1) is 0 Å². The fourth-order valence-corrected chi connectivity index (χ4v) is 1.29. The molecule has 0 radical (unpaired) electrons. The molecular weight excluding hydrogens is 220 g/mol. The summed E-state index contributed by atoms with van der Waals surface area (Å²) >= 11 is 0. The number of methoxy groups -OCH3 is 1. The SMILES string of the molecule is C=C1NNC(=O)C1=NNc1ccc(OC)cc1. The van der Waals surface area contributed by atoms with Crippen molar-refractivity contribution in [2.24, 2.45) is 5.10 Å². The van der Waals surface area contributed by atoms with Crippen LogP contribution in [0.2, 0.25) is 0 Å². The molecule has 6 heteroatoms. The molecule has 2 rings (SSSR count). The molecule has 1 aromatic rings. The van der Waals surface area contributed by atoms with Gasteiger partial charge in [0.15, 0.2) is 5.71 Å². The van der Waals surface area contributed by atoms with E-state index in [4.69, 9.17) is 4.74 Å². The van der Waals surface area contributed by atoms with Gasteiger partial charge in [-0.3, -0.25) is 21.1 Å². The highest BCUT2D eigenvalue weighted by molar-refractivity contribution is 6.46. The zero-order valence-electron chi connectivity index (χ0n) is 9.28. The fourth-order valence-electron chi connectivity index (χ4n) is 1.29. The zero-order chi connectivity index (χ0) is 12.3. The molecule has 1 fully saturated rings. The molecule has 1 aromatic carbocycles. The summed E-state index contributed by atoms with van der Waals surface area (Å²) in [5, 5.41) is 3.96. The van der Waals surface area contributed by atoms with Crippen LogP contribution in [0, 0.1) is 0 Å². The van der Waals surface area contributed by atoms with Gasteiger partial charge in [0.1, 0.15) is 5.75 Å². The molecule has 0 aromatic heterocycles. The summed E-state index contributed by atoms with van der Waals surface area (Å²) in [5.41, 5.74) is 9.19. The third-order valence-corrected chi connectivity index (χ3v) is 2.21. The summed E-state index contributed by atoms with van der Waals surface area (Å²) < 4.78 is 5.03. The van der Waals surface area contributed by atoms with Gasteiger partial charge in [0.05, 0.1) is 18.5 Å². The topological polar surface area (TPSA) is 74.8 Å². The average molecular weight is 232 g/mol. The normalized spacial score (nSPS) is 16.6. The molecule has 17 heavy (non-hydrogen) atoms. The van der Waals surface area contributed by atoms with Gasteiger partial charge >= 0.3 is 0 Å². The lowest BCUT2D eigenvalue weighted by molar-refractivity contribution is -0.114. The number of hydrazone groups is 1. The second-order valence-corrected chi connectivity index (χ2v) is 3.36. The van der Waals surface area contributed by atoms with Gasteiger partial charge in [0.25, 0.3) is 5.91 Å². The van der Waals surface area contributed by atoms with Crippen LogP contribution in [-0.2, 0) is 4.79 Å². The number of ether oxygens (including phenoxy) is 1. The largest absolute Gasteiger partial charge is 0.497 e. The Balaban J connectivity index is 2.08. The van der Waals surface area contributed by atoms with Crippen molar-refractivity contribution >= 4 is 17.3 Å². The van der Waals surface area contributed by atoms with Crippen LogP contribution in [0.15, 0.2) is 41.6 Å². The van der Waals surface area contributed by atoms with E-state index in [0.717, 1.165) is 11.4 Å². The van der Waals surface area contributed by atoms with Gasteiger partial charge in [0.2, 0.25) is 0 Å². The Kier molecular flexibility index (Phi) is 2.95. The molecule has 0 aliphatic carbocycles. The van der Waals surface area contributed by atoms with E-state index in [1.54, 1.807) is 31.4 Å². The summed E-state index contributed by atoms with van der Waals surface area (Å²) in [6.07, 6.45) is 0. The molecule has 1 amide bonds. The van der Waals surface area contributed by atoms with Crippen LogP contribution in [0.4, 0.5) is 5.69 Å². The van der Waals surface area contributed by atoms with Crippen LogP contribution < -0.4 is 21.0 Å². The maximum absolute atomic E-state index is 11.3. The molecule has 1 saturated heterocycles. The molecule has 6 nitrogen and oxygen atoms in total. The first-order valence-corrected chi connectivity index (χ1v) is 4.94. The Morgan fingerprint density at radius 3 is 2.53 bits per heavy atom. The van der Waals surface area contributed by atoms with Crippen LogP contribution in [0.25, 0.3) is 0 Å². The predicted octanol–water partition coefficient (Wildman–Crippen LogP) is 0.611. The number of carbonyl (C=O) groups is 1. The van der Waals surface area contributed by atoms with Crippen molar-refractivity contribution in [1.82, 2.24) is 10.9 Å². The van der Waals surface area contributed by atoms with Crippen molar-refractivity contribution in [2.45, 2.75) is 0 Å². The van der Waals surface area contributed by atoms with Crippen molar-refractivity contribution in [1.29, 1.82) is 0 Å². The average Bonchev–Trinajstić information content (AvgIpc) is 2.67. The van der Waals surface area contributed by atoms with Crippen molar-refractivity contribution < 1.29 is 9.53 Å². The van der Waals surface area contributed by atoms with E-state index in [0.29, 0.717) is 5.70 Å². The molecule has 0 unspecified atom stereocenters. The Morgan fingerprint density at radius 2 is 2.00 bits per heavy atom. The number of carbonyl (C=O) groups excluding carboxylic acids is 1. The van der Waals surface area contributed by atoms with E-state index >= 15 is 0 Å². The Bertz CT molecular complexity index is 461. The van der Waals surface area contributed by atoms with Crippen LogP contribution in [0.5, 0.6) is 5.75 Å². The van der Waals surface area contributed by atoms with E-state index in [1.807, 2.05) is 0 Å². The quantitative estimate of drug-likeness (QED) is 0.667. The second kappa shape index (κ2) is 4.56. The van der Waals surface area contributed by atoms with Gasteiger partial charge in [-0.1, -0.05) is 6.58 Å². The summed E-state index contributed by atoms with van der Waals surface area (Å²) in [4.78, 5) is 11.3. The number of anilines is 1. The van der Waals surface area contributed by atoms with Crippen molar-refractivity contribution in [3.63, 3.8) is 0 Å².